The summed E-state index contributed by atoms with van der Waals surface area (Å²) in [5.74, 6) is -0.368. The van der Waals surface area contributed by atoms with E-state index in [1.165, 1.54) is 7.11 Å². The molecule has 0 saturated heterocycles. The number of esters is 1. The van der Waals surface area contributed by atoms with Crippen molar-refractivity contribution in [3.8, 4) is 0 Å². The molecule has 0 amide bonds. The van der Waals surface area contributed by atoms with Crippen LogP contribution in [0.1, 0.15) is 27.6 Å². The second-order valence-electron chi connectivity index (χ2n) is 4.73. The van der Waals surface area contributed by atoms with Crippen LogP contribution in [0.15, 0.2) is 47.2 Å². The lowest BCUT2D eigenvalue weighted by Crippen LogP contribution is -2.21. The van der Waals surface area contributed by atoms with Crippen LogP contribution in [0.5, 0.6) is 0 Å². The van der Waals surface area contributed by atoms with E-state index in [0.29, 0.717) is 18.7 Å². The molecular weight excluding hydrogens is 348 g/mol. The minimum atomic E-state index is -0.609. The van der Waals surface area contributed by atoms with Gasteiger partial charge in [-0.15, -0.1) is 0 Å². The van der Waals surface area contributed by atoms with E-state index in [-0.39, 0.29) is 5.97 Å². The molecule has 2 aromatic rings. The molecule has 0 aliphatic rings. The lowest BCUT2D eigenvalue weighted by molar-refractivity contribution is 0.0600. The van der Waals surface area contributed by atoms with Crippen molar-refractivity contribution in [3.63, 3.8) is 0 Å². The zero-order valence-corrected chi connectivity index (χ0v) is 13.7. The van der Waals surface area contributed by atoms with Gasteiger partial charge in [0.25, 0.3) is 0 Å². The maximum absolute atomic E-state index is 11.4. The quantitative estimate of drug-likeness (QED) is 0.770. The smallest absolute Gasteiger partial charge is 0.337 e. The predicted molar refractivity (Wildman–Crippen MR) is 86.4 cm³/mol. The molecule has 2 N–H and O–H groups in total. The molecule has 0 bridgehead atoms. The van der Waals surface area contributed by atoms with Gasteiger partial charge in [-0.3, -0.25) is 4.98 Å². The number of hydrogen-bond acceptors (Lipinski definition) is 5. The Balaban J connectivity index is 1.91. The average Bonchev–Trinajstić information content (AvgIpc) is 2.56. The zero-order valence-electron chi connectivity index (χ0n) is 12.1. The number of carbonyl (C=O) groups is 1. The van der Waals surface area contributed by atoms with Crippen molar-refractivity contribution in [2.24, 2.45) is 0 Å². The summed E-state index contributed by atoms with van der Waals surface area (Å²) in [7, 11) is 1.35. The fourth-order valence-electron chi connectivity index (χ4n) is 1.97. The van der Waals surface area contributed by atoms with Gasteiger partial charge in [0, 0.05) is 35.5 Å². The Hall–Kier alpha value is -1.76. The first-order chi connectivity index (χ1) is 10.6. The SMILES string of the molecule is COC(=O)c1ccc(CNCC(O)c2cccnc2)c(Br)c1. The van der Waals surface area contributed by atoms with E-state index in [1.807, 2.05) is 12.1 Å². The maximum atomic E-state index is 11.4. The molecule has 116 valence electrons. The van der Waals surface area contributed by atoms with Gasteiger partial charge in [-0.2, -0.15) is 0 Å². The Morgan fingerprint density at radius 2 is 2.27 bits per heavy atom. The first-order valence-electron chi connectivity index (χ1n) is 6.77. The first-order valence-corrected chi connectivity index (χ1v) is 7.56. The highest BCUT2D eigenvalue weighted by molar-refractivity contribution is 9.10. The second kappa shape index (κ2) is 8.03. The molecule has 1 aromatic carbocycles. The summed E-state index contributed by atoms with van der Waals surface area (Å²) in [4.78, 5) is 15.4. The molecule has 0 aliphatic heterocycles. The molecule has 5 nitrogen and oxygen atoms in total. The van der Waals surface area contributed by atoms with Crippen LogP contribution in [0.3, 0.4) is 0 Å². The minimum Gasteiger partial charge on any atom is -0.465 e. The molecule has 1 unspecified atom stereocenters. The molecule has 6 heteroatoms. The van der Waals surface area contributed by atoms with Gasteiger partial charge in [-0.1, -0.05) is 28.1 Å². The van der Waals surface area contributed by atoms with E-state index in [9.17, 15) is 9.90 Å². The van der Waals surface area contributed by atoms with Crippen molar-refractivity contribution in [2.45, 2.75) is 12.6 Å². The van der Waals surface area contributed by atoms with Crippen LogP contribution in [0, 0.1) is 0 Å². The summed E-state index contributed by atoms with van der Waals surface area (Å²) >= 11 is 3.44. The molecule has 0 fully saturated rings. The number of aliphatic hydroxyl groups excluding tert-OH is 1. The summed E-state index contributed by atoms with van der Waals surface area (Å²) in [6.45, 7) is 0.982. The topological polar surface area (TPSA) is 71.5 Å². The van der Waals surface area contributed by atoms with Crippen LogP contribution in [-0.2, 0) is 11.3 Å². The van der Waals surface area contributed by atoms with Gasteiger partial charge in [0.15, 0.2) is 0 Å². The number of nitrogens with zero attached hydrogens (tertiary/aromatic N) is 1. The van der Waals surface area contributed by atoms with E-state index in [4.69, 9.17) is 0 Å². The first kappa shape index (κ1) is 16.6. The van der Waals surface area contributed by atoms with E-state index >= 15 is 0 Å². The van der Waals surface area contributed by atoms with Crippen LogP contribution >= 0.6 is 15.9 Å². The third-order valence-electron chi connectivity index (χ3n) is 3.20. The molecule has 1 heterocycles. The molecule has 0 saturated carbocycles. The lowest BCUT2D eigenvalue weighted by atomic mass is 10.1. The van der Waals surface area contributed by atoms with Crippen molar-refractivity contribution < 1.29 is 14.6 Å². The third kappa shape index (κ3) is 4.37. The molecule has 1 atom stereocenters. The summed E-state index contributed by atoms with van der Waals surface area (Å²) in [6, 6.07) is 8.91. The lowest BCUT2D eigenvalue weighted by Gasteiger charge is -2.13. The van der Waals surface area contributed by atoms with Crippen LogP contribution in [0.4, 0.5) is 0 Å². The summed E-state index contributed by atoms with van der Waals surface area (Å²) in [5.41, 5.74) is 2.26. The van der Waals surface area contributed by atoms with Gasteiger partial charge in [-0.05, 0) is 23.8 Å². The Morgan fingerprint density at radius 1 is 1.45 bits per heavy atom. The van der Waals surface area contributed by atoms with Crippen LogP contribution in [0.25, 0.3) is 0 Å². The molecule has 0 aliphatic carbocycles. The number of methoxy groups -OCH3 is 1. The molecule has 0 spiro atoms. The predicted octanol–water partition coefficient (Wildman–Crippen LogP) is 2.45. The van der Waals surface area contributed by atoms with Crippen molar-refractivity contribution in [2.75, 3.05) is 13.7 Å². The van der Waals surface area contributed by atoms with Gasteiger partial charge >= 0.3 is 5.97 Å². The third-order valence-corrected chi connectivity index (χ3v) is 3.93. The highest BCUT2D eigenvalue weighted by atomic mass is 79.9. The normalized spacial score (nSPS) is 12.0. The summed E-state index contributed by atoms with van der Waals surface area (Å²) in [5, 5.41) is 13.2. The Labute approximate surface area is 137 Å². The number of nitrogens with one attached hydrogen (secondary N) is 1. The van der Waals surface area contributed by atoms with E-state index in [2.05, 4.69) is 31.0 Å². The van der Waals surface area contributed by atoms with Gasteiger partial charge in [0.05, 0.1) is 18.8 Å². The fourth-order valence-corrected chi connectivity index (χ4v) is 2.49. The second-order valence-corrected chi connectivity index (χ2v) is 5.59. The van der Waals surface area contributed by atoms with Crippen molar-refractivity contribution in [3.05, 3.63) is 63.9 Å². The van der Waals surface area contributed by atoms with Crippen LogP contribution in [-0.4, -0.2) is 29.7 Å². The molecule has 22 heavy (non-hydrogen) atoms. The number of aliphatic hydroxyl groups is 1. The minimum absolute atomic E-state index is 0.368. The van der Waals surface area contributed by atoms with Gasteiger partial charge in [-0.25, -0.2) is 4.79 Å². The van der Waals surface area contributed by atoms with Gasteiger partial charge in [0.1, 0.15) is 0 Å². The molecule has 1 aromatic heterocycles. The van der Waals surface area contributed by atoms with Crippen molar-refractivity contribution >= 4 is 21.9 Å². The number of ether oxygens (including phenoxy) is 1. The van der Waals surface area contributed by atoms with Gasteiger partial charge in [0.2, 0.25) is 0 Å². The number of halogens is 1. The van der Waals surface area contributed by atoms with E-state index in [1.54, 1.807) is 30.6 Å². The van der Waals surface area contributed by atoms with Crippen molar-refractivity contribution in [1.82, 2.24) is 10.3 Å². The molecular formula is C16H17BrN2O3. The number of aromatic nitrogens is 1. The van der Waals surface area contributed by atoms with E-state index < -0.39 is 6.10 Å². The Bertz CT molecular complexity index is 635. The Morgan fingerprint density at radius 3 is 2.91 bits per heavy atom. The van der Waals surface area contributed by atoms with Gasteiger partial charge < -0.3 is 15.2 Å². The average molecular weight is 365 g/mol. The summed E-state index contributed by atoms with van der Waals surface area (Å²) in [6.07, 6.45) is 2.71. The highest BCUT2D eigenvalue weighted by Crippen LogP contribution is 2.19. The number of benzene rings is 1. The zero-order chi connectivity index (χ0) is 15.9. The van der Waals surface area contributed by atoms with Crippen molar-refractivity contribution in [1.29, 1.82) is 0 Å². The van der Waals surface area contributed by atoms with Crippen LogP contribution < -0.4 is 5.32 Å². The molecule has 2 rings (SSSR count). The fraction of sp³-hybridized carbons (Fsp3) is 0.250. The monoisotopic (exact) mass is 364 g/mol. The summed E-state index contributed by atoms with van der Waals surface area (Å²) < 4.78 is 5.50. The Kier molecular flexibility index (Phi) is 6.06. The standard InChI is InChI=1S/C16H17BrN2O3/c1-22-16(21)11-4-5-12(14(17)7-11)8-19-10-15(20)13-3-2-6-18-9-13/h2-7,9,15,19-20H,8,10H2,1H3. The highest BCUT2D eigenvalue weighted by Gasteiger charge is 2.10. The van der Waals surface area contributed by atoms with Crippen LogP contribution in [0.2, 0.25) is 0 Å². The maximum Gasteiger partial charge on any atom is 0.337 e. The number of hydrogen-bond donors (Lipinski definition) is 2. The van der Waals surface area contributed by atoms with E-state index in [0.717, 1.165) is 15.6 Å². The number of rotatable bonds is 6. The number of pyridine rings is 1. The number of carbonyl (C=O) groups excluding carboxylic acids is 1. The largest absolute Gasteiger partial charge is 0.465 e. The molecule has 0 radical (unpaired) electrons.